The van der Waals surface area contributed by atoms with E-state index in [2.05, 4.69) is 9.97 Å². The van der Waals surface area contributed by atoms with Crippen LogP contribution in [0.2, 0.25) is 0 Å². The minimum Gasteiger partial charge on any atom is -0.443 e. The first kappa shape index (κ1) is 20.2. The van der Waals surface area contributed by atoms with E-state index in [9.17, 15) is 9.18 Å². The Kier molecular flexibility index (Phi) is 6.18. The van der Waals surface area contributed by atoms with Gasteiger partial charge < -0.3 is 9.32 Å². The molecule has 1 amide bonds. The number of likely N-dealkylation sites (N-methyl/N-ethyl adjacent to an activating group) is 1. The lowest BCUT2D eigenvalue weighted by Gasteiger charge is -2.25. The highest BCUT2D eigenvalue weighted by molar-refractivity contribution is 5.79. The van der Waals surface area contributed by atoms with Gasteiger partial charge in [0.15, 0.2) is 0 Å². The van der Waals surface area contributed by atoms with Gasteiger partial charge in [-0.25, -0.2) is 9.37 Å². The summed E-state index contributed by atoms with van der Waals surface area (Å²) in [5, 5.41) is 0. The lowest BCUT2D eigenvalue weighted by atomic mass is 10.1. The predicted octanol–water partition coefficient (Wildman–Crippen LogP) is 3.60. The van der Waals surface area contributed by atoms with E-state index in [0.717, 1.165) is 24.1 Å². The molecular formula is C23H25FN4O2. The standard InChI is InChI=1S/C23H25FN4O2/c1-27(15-19-8-2-3-10-25-19)16-22(29)28-11-5-9-21(28)23-26-14-20(30-23)13-17-6-4-7-18(24)12-17/h2-4,6-8,10,12,14,21H,5,9,11,13,15-16H2,1H3/t21-/m1/s1. The number of aromatic nitrogens is 2. The van der Waals surface area contributed by atoms with Crippen molar-refractivity contribution >= 4 is 5.91 Å². The van der Waals surface area contributed by atoms with Crippen molar-refractivity contribution in [2.75, 3.05) is 20.1 Å². The van der Waals surface area contributed by atoms with Gasteiger partial charge in [-0.1, -0.05) is 18.2 Å². The number of hydrogen-bond donors (Lipinski definition) is 0. The molecule has 2 aromatic heterocycles. The summed E-state index contributed by atoms with van der Waals surface area (Å²) < 4.78 is 19.3. The Morgan fingerprint density at radius 2 is 2.17 bits per heavy atom. The van der Waals surface area contributed by atoms with Gasteiger partial charge in [-0.3, -0.25) is 14.7 Å². The number of nitrogens with zero attached hydrogens (tertiary/aromatic N) is 4. The topological polar surface area (TPSA) is 62.5 Å². The Bertz CT molecular complexity index is 992. The summed E-state index contributed by atoms with van der Waals surface area (Å²) >= 11 is 0. The maximum atomic E-state index is 13.4. The van der Waals surface area contributed by atoms with Gasteiger partial charge >= 0.3 is 0 Å². The Morgan fingerprint density at radius 3 is 2.97 bits per heavy atom. The Labute approximate surface area is 175 Å². The van der Waals surface area contributed by atoms with Crippen molar-refractivity contribution in [1.82, 2.24) is 19.8 Å². The van der Waals surface area contributed by atoms with Crippen molar-refractivity contribution in [2.45, 2.75) is 31.8 Å². The van der Waals surface area contributed by atoms with Gasteiger partial charge in [0.25, 0.3) is 0 Å². The van der Waals surface area contributed by atoms with Crippen molar-refractivity contribution in [3.8, 4) is 0 Å². The minimum absolute atomic E-state index is 0.0563. The van der Waals surface area contributed by atoms with Crippen LogP contribution >= 0.6 is 0 Å². The molecule has 0 radical (unpaired) electrons. The number of oxazole rings is 1. The first-order chi connectivity index (χ1) is 14.6. The third-order valence-electron chi connectivity index (χ3n) is 5.26. The molecule has 0 bridgehead atoms. The zero-order chi connectivity index (χ0) is 20.9. The van der Waals surface area contributed by atoms with Crippen molar-refractivity contribution in [3.05, 3.63) is 83.6 Å². The molecule has 1 fully saturated rings. The van der Waals surface area contributed by atoms with E-state index in [1.54, 1.807) is 18.5 Å². The van der Waals surface area contributed by atoms with Crippen molar-refractivity contribution in [2.24, 2.45) is 0 Å². The molecule has 1 aliphatic heterocycles. The number of halogens is 1. The van der Waals surface area contributed by atoms with Crippen molar-refractivity contribution < 1.29 is 13.6 Å². The largest absolute Gasteiger partial charge is 0.443 e. The van der Waals surface area contributed by atoms with Gasteiger partial charge in [0.2, 0.25) is 11.8 Å². The molecule has 0 unspecified atom stereocenters. The number of carbonyl (C=O) groups excluding carboxylic acids is 1. The zero-order valence-electron chi connectivity index (χ0n) is 17.0. The number of benzene rings is 1. The van der Waals surface area contributed by atoms with Crippen LogP contribution in [-0.4, -0.2) is 45.8 Å². The summed E-state index contributed by atoms with van der Waals surface area (Å²) in [6, 6.07) is 12.1. The van der Waals surface area contributed by atoms with Crippen LogP contribution in [-0.2, 0) is 17.8 Å². The van der Waals surface area contributed by atoms with Crippen LogP contribution in [0.3, 0.4) is 0 Å². The fraction of sp³-hybridized carbons (Fsp3) is 0.348. The molecule has 0 aliphatic carbocycles. The summed E-state index contributed by atoms with van der Waals surface area (Å²) in [4.78, 5) is 25.5. The lowest BCUT2D eigenvalue weighted by molar-refractivity contribution is -0.133. The molecule has 0 N–H and O–H groups in total. The molecule has 7 heteroatoms. The molecule has 4 rings (SSSR count). The zero-order valence-corrected chi connectivity index (χ0v) is 17.0. The first-order valence-electron chi connectivity index (χ1n) is 10.2. The second kappa shape index (κ2) is 9.17. The molecule has 1 saturated heterocycles. The molecule has 1 aromatic carbocycles. The monoisotopic (exact) mass is 408 g/mol. The van der Waals surface area contributed by atoms with E-state index in [1.807, 2.05) is 41.1 Å². The quantitative estimate of drug-likeness (QED) is 0.598. The number of carbonyl (C=O) groups is 1. The van der Waals surface area contributed by atoms with Crippen LogP contribution in [0, 0.1) is 5.82 Å². The molecule has 0 saturated carbocycles. The van der Waals surface area contributed by atoms with Crippen LogP contribution in [0.1, 0.15) is 41.8 Å². The Hall–Kier alpha value is -3.06. The smallest absolute Gasteiger partial charge is 0.237 e. The van der Waals surface area contributed by atoms with Crippen LogP contribution in [0.25, 0.3) is 0 Å². The second-order valence-corrected chi connectivity index (χ2v) is 7.71. The number of hydrogen-bond acceptors (Lipinski definition) is 5. The summed E-state index contributed by atoms with van der Waals surface area (Å²) in [7, 11) is 1.92. The van der Waals surface area contributed by atoms with Gasteiger partial charge in [0.05, 0.1) is 18.4 Å². The maximum absolute atomic E-state index is 13.4. The van der Waals surface area contributed by atoms with Crippen LogP contribution in [0.4, 0.5) is 4.39 Å². The summed E-state index contributed by atoms with van der Waals surface area (Å²) in [6.07, 6.45) is 5.65. The van der Waals surface area contributed by atoms with Gasteiger partial charge in [-0.05, 0) is 49.7 Å². The molecule has 156 valence electrons. The summed E-state index contributed by atoms with van der Waals surface area (Å²) in [5.74, 6) is 1.01. The average Bonchev–Trinajstić information content (AvgIpc) is 3.38. The van der Waals surface area contributed by atoms with E-state index < -0.39 is 0 Å². The third kappa shape index (κ3) is 4.91. The van der Waals surface area contributed by atoms with E-state index in [1.165, 1.54) is 12.1 Å². The highest BCUT2D eigenvalue weighted by atomic mass is 19.1. The second-order valence-electron chi connectivity index (χ2n) is 7.71. The fourth-order valence-electron chi connectivity index (χ4n) is 3.87. The normalized spacial score (nSPS) is 16.4. The molecule has 3 heterocycles. The van der Waals surface area contributed by atoms with Crippen LogP contribution < -0.4 is 0 Å². The number of rotatable bonds is 7. The number of pyridine rings is 1. The molecule has 1 aliphatic rings. The summed E-state index contributed by atoms with van der Waals surface area (Å²) in [6.45, 7) is 1.62. The van der Waals surface area contributed by atoms with Gasteiger partial charge in [-0.15, -0.1) is 0 Å². The highest BCUT2D eigenvalue weighted by Crippen LogP contribution is 2.32. The first-order valence-corrected chi connectivity index (χ1v) is 10.2. The van der Waals surface area contributed by atoms with E-state index in [-0.39, 0.29) is 17.8 Å². The number of likely N-dealkylation sites (tertiary alicyclic amines) is 1. The fourth-order valence-corrected chi connectivity index (χ4v) is 3.87. The predicted molar refractivity (Wildman–Crippen MR) is 110 cm³/mol. The molecular weight excluding hydrogens is 383 g/mol. The minimum atomic E-state index is -0.269. The van der Waals surface area contributed by atoms with Crippen LogP contribution in [0.5, 0.6) is 0 Å². The molecule has 3 aromatic rings. The van der Waals surface area contributed by atoms with Crippen molar-refractivity contribution in [3.63, 3.8) is 0 Å². The molecule has 6 nitrogen and oxygen atoms in total. The van der Waals surface area contributed by atoms with Crippen molar-refractivity contribution in [1.29, 1.82) is 0 Å². The number of amides is 1. The van der Waals surface area contributed by atoms with Gasteiger partial charge in [-0.2, -0.15) is 0 Å². The van der Waals surface area contributed by atoms with Crippen LogP contribution in [0.15, 0.2) is 59.3 Å². The van der Waals surface area contributed by atoms with E-state index in [0.29, 0.717) is 37.7 Å². The Balaban J connectivity index is 1.38. The third-order valence-corrected chi connectivity index (χ3v) is 5.26. The highest BCUT2D eigenvalue weighted by Gasteiger charge is 2.33. The van der Waals surface area contributed by atoms with Gasteiger partial charge in [0, 0.05) is 25.7 Å². The van der Waals surface area contributed by atoms with E-state index in [4.69, 9.17) is 4.42 Å². The van der Waals surface area contributed by atoms with E-state index >= 15 is 0 Å². The maximum Gasteiger partial charge on any atom is 0.237 e. The molecule has 1 atom stereocenters. The molecule has 0 spiro atoms. The molecule has 30 heavy (non-hydrogen) atoms. The lowest BCUT2D eigenvalue weighted by Crippen LogP contribution is -2.38. The SMILES string of the molecule is CN(CC(=O)N1CCC[C@@H]1c1ncc(Cc2cccc(F)c2)o1)Cc1ccccn1. The summed E-state index contributed by atoms with van der Waals surface area (Å²) in [5.41, 5.74) is 1.76. The Morgan fingerprint density at radius 1 is 1.27 bits per heavy atom. The van der Waals surface area contributed by atoms with Gasteiger partial charge in [0.1, 0.15) is 17.6 Å². The average molecular weight is 408 g/mol.